The first kappa shape index (κ1) is 21.8. The molecule has 2 N–H and O–H groups in total. The summed E-state index contributed by atoms with van der Waals surface area (Å²) in [5.74, 6) is -0.587. The second-order valence-electron chi connectivity index (χ2n) is 7.87. The molecule has 0 aromatic heterocycles. The van der Waals surface area contributed by atoms with Gasteiger partial charge in [-0.05, 0) is 62.2 Å². The molecule has 9 heteroatoms. The van der Waals surface area contributed by atoms with Gasteiger partial charge in [-0.25, -0.2) is 12.8 Å². The van der Waals surface area contributed by atoms with Crippen molar-refractivity contribution < 1.29 is 22.4 Å². The van der Waals surface area contributed by atoms with E-state index >= 15 is 0 Å². The molecule has 1 aliphatic heterocycles. The van der Waals surface area contributed by atoms with Crippen LogP contribution in [0.25, 0.3) is 0 Å². The average Bonchev–Trinajstić information content (AvgIpc) is 3.11. The molecule has 0 unspecified atom stereocenters. The third-order valence-corrected chi connectivity index (χ3v) is 6.34. The van der Waals surface area contributed by atoms with E-state index in [1.165, 1.54) is 32.9 Å². The fourth-order valence-corrected chi connectivity index (χ4v) is 4.21. The average molecular weight is 434 g/mol. The Morgan fingerprint density at radius 3 is 2.50 bits per heavy atom. The molecule has 0 spiro atoms. The van der Waals surface area contributed by atoms with E-state index in [1.807, 2.05) is 0 Å². The predicted molar refractivity (Wildman–Crippen MR) is 114 cm³/mol. The second-order valence-corrected chi connectivity index (χ2v) is 9.55. The van der Waals surface area contributed by atoms with Crippen LogP contribution in [0.3, 0.4) is 0 Å². The summed E-state index contributed by atoms with van der Waals surface area (Å²) in [6.07, 6.45) is 0.587. The molecule has 3 rings (SSSR count). The molecule has 2 aromatic rings. The summed E-state index contributed by atoms with van der Waals surface area (Å²) < 4.78 is 41.1. The molecule has 7 nitrogen and oxygen atoms in total. The number of sulfonamides is 1. The Kier molecular flexibility index (Phi) is 5.85. The topological polar surface area (TPSA) is 95.6 Å². The lowest BCUT2D eigenvalue weighted by Gasteiger charge is -2.20. The summed E-state index contributed by atoms with van der Waals surface area (Å²) in [4.78, 5) is 25.5. The number of carbonyl (C=O) groups is 2. The maximum atomic E-state index is 13.0. The van der Waals surface area contributed by atoms with Crippen molar-refractivity contribution in [2.75, 3.05) is 28.2 Å². The second kappa shape index (κ2) is 8.06. The van der Waals surface area contributed by atoms with Gasteiger partial charge in [-0.3, -0.25) is 14.3 Å². The van der Waals surface area contributed by atoms with Crippen molar-refractivity contribution in [1.29, 1.82) is 0 Å². The van der Waals surface area contributed by atoms with Crippen LogP contribution in [0.5, 0.6) is 0 Å². The van der Waals surface area contributed by atoms with Crippen LogP contribution in [0.2, 0.25) is 0 Å². The van der Waals surface area contributed by atoms with Crippen LogP contribution in [0.4, 0.5) is 21.5 Å². The third-order valence-electron chi connectivity index (χ3n) is 4.96. The van der Waals surface area contributed by atoms with Crippen LogP contribution in [0, 0.1) is 5.41 Å². The van der Waals surface area contributed by atoms with E-state index in [0.29, 0.717) is 18.7 Å². The van der Waals surface area contributed by atoms with Crippen LogP contribution in [0.1, 0.15) is 26.3 Å². The molecule has 0 radical (unpaired) electrons. The van der Waals surface area contributed by atoms with Gasteiger partial charge in [-0.1, -0.05) is 6.07 Å². The number of nitrogens with zero attached hydrogens (tertiary/aromatic N) is 1. The highest BCUT2D eigenvalue weighted by molar-refractivity contribution is 7.92. The normalized spacial score (nSPS) is 13.7. The van der Waals surface area contributed by atoms with Crippen molar-refractivity contribution in [2.24, 2.45) is 5.41 Å². The predicted octanol–water partition coefficient (Wildman–Crippen LogP) is 3.33. The molecule has 1 heterocycles. The van der Waals surface area contributed by atoms with Gasteiger partial charge in [0.1, 0.15) is 6.67 Å². The van der Waals surface area contributed by atoms with Crippen molar-refractivity contribution in [1.82, 2.24) is 0 Å². The van der Waals surface area contributed by atoms with Gasteiger partial charge in [0.25, 0.3) is 10.0 Å². The highest BCUT2D eigenvalue weighted by Gasteiger charge is 2.28. The van der Waals surface area contributed by atoms with Crippen molar-refractivity contribution in [3.8, 4) is 0 Å². The smallest absolute Gasteiger partial charge is 0.261 e. The maximum absolute atomic E-state index is 13.0. The Morgan fingerprint density at radius 2 is 1.83 bits per heavy atom. The number of carbonyl (C=O) groups excluding carboxylic acids is 2. The number of halogens is 1. The quantitative estimate of drug-likeness (QED) is 0.730. The van der Waals surface area contributed by atoms with E-state index in [9.17, 15) is 22.4 Å². The van der Waals surface area contributed by atoms with Gasteiger partial charge < -0.3 is 10.2 Å². The van der Waals surface area contributed by atoms with E-state index in [0.717, 1.165) is 11.3 Å². The molecule has 1 aliphatic rings. The first-order valence-electron chi connectivity index (χ1n) is 9.45. The summed E-state index contributed by atoms with van der Waals surface area (Å²) >= 11 is 0. The molecule has 0 aliphatic carbocycles. The zero-order valence-corrected chi connectivity index (χ0v) is 17.8. The highest BCUT2D eigenvalue weighted by atomic mass is 32.2. The number of hydrogen-bond donors (Lipinski definition) is 2. The van der Waals surface area contributed by atoms with E-state index in [2.05, 4.69) is 10.0 Å². The molecular weight excluding hydrogens is 409 g/mol. The monoisotopic (exact) mass is 433 g/mol. The van der Waals surface area contributed by atoms with Crippen molar-refractivity contribution in [2.45, 2.75) is 32.1 Å². The molecule has 160 valence electrons. The molecule has 2 aromatic carbocycles. The molecule has 0 atom stereocenters. The number of benzene rings is 2. The van der Waals surface area contributed by atoms with Crippen LogP contribution < -0.4 is 14.9 Å². The number of alkyl halides is 1. The lowest BCUT2D eigenvalue weighted by molar-refractivity contribution is -0.124. The summed E-state index contributed by atoms with van der Waals surface area (Å²) in [7, 11) is -3.88. The van der Waals surface area contributed by atoms with Crippen LogP contribution in [-0.2, 0) is 26.0 Å². The molecule has 30 heavy (non-hydrogen) atoms. The molecule has 0 fully saturated rings. The van der Waals surface area contributed by atoms with Crippen LogP contribution in [-0.4, -0.2) is 33.5 Å². The fraction of sp³-hybridized carbons (Fsp3) is 0.333. The fourth-order valence-electron chi connectivity index (χ4n) is 3.11. The lowest BCUT2D eigenvalue weighted by Crippen LogP contribution is -2.32. The van der Waals surface area contributed by atoms with E-state index in [-0.39, 0.29) is 16.5 Å². The van der Waals surface area contributed by atoms with E-state index in [4.69, 9.17) is 0 Å². The van der Waals surface area contributed by atoms with Gasteiger partial charge >= 0.3 is 0 Å². The summed E-state index contributed by atoms with van der Waals surface area (Å²) in [5, 5.41) is 2.60. The maximum Gasteiger partial charge on any atom is 0.261 e. The minimum absolute atomic E-state index is 0.0830. The molecule has 0 saturated carbocycles. The van der Waals surface area contributed by atoms with Crippen molar-refractivity contribution in [3.63, 3.8) is 0 Å². The largest absolute Gasteiger partial charge is 0.325 e. The van der Waals surface area contributed by atoms with E-state index < -0.39 is 28.0 Å². The number of fused-ring (bicyclic) bond motifs is 1. The zero-order chi connectivity index (χ0) is 22.1. The highest BCUT2D eigenvalue weighted by Crippen LogP contribution is 2.31. The third kappa shape index (κ3) is 4.46. The number of nitrogens with one attached hydrogen (secondary N) is 2. The Balaban J connectivity index is 1.80. The van der Waals surface area contributed by atoms with Gasteiger partial charge in [0.15, 0.2) is 0 Å². The zero-order valence-electron chi connectivity index (χ0n) is 17.0. The van der Waals surface area contributed by atoms with Gasteiger partial charge in [0, 0.05) is 24.8 Å². The standard InChI is InChI=1S/C21H24FN3O4S/c1-14(26)25-10-9-15-11-18(7-8-19(15)25)30(28,29)24-17-6-4-5-16(12-17)23-20(27)21(2,3)13-22/h4-8,11-12,24H,9-10,13H2,1-3H3,(H,23,27). The number of rotatable bonds is 6. The first-order valence-corrected chi connectivity index (χ1v) is 10.9. The van der Waals surface area contributed by atoms with Gasteiger partial charge in [0.2, 0.25) is 11.8 Å². The van der Waals surface area contributed by atoms with Crippen LogP contribution in [0.15, 0.2) is 47.4 Å². The van der Waals surface area contributed by atoms with Gasteiger partial charge in [-0.2, -0.15) is 0 Å². The lowest BCUT2D eigenvalue weighted by atomic mass is 9.94. The Bertz CT molecular complexity index is 1100. The van der Waals surface area contributed by atoms with Crippen molar-refractivity contribution in [3.05, 3.63) is 48.0 Å². The number of hydrogen-bond acceptors (Lipinski definition) is 4. The molecule has 2 amide bonds. The molecular formula is C21H24FN3O4S. The molecule has 0 saturated heterocycles. The molecule has 0 bridgehead atoms. The summed E-state index contributed by atoms with van der Waals surface area (Å²) in [5.41, 5.74) is 0.946. The van der Waals surface area contributed by atoms with Crippen molar-refractivity contribution >= 4 is 38.9 Å². The van der Waals surface area contributed by atoms with Gasteiger partial charge in [0.05, 0.1) is 16.0 Å². The minimum Gasteiger partial charge on any atom is -0.325 e. The minimum atomic E-state index is -3.88. The summed E-state index contributed by atoms with van der Waals surface area (Å²) in [6, 6.07) is 10.9. The SMILES string of the molecule is CC(=O)N1CCc2cc(S(=O)(=O)Nc3cccc(NC(=O)C(C)(C)CF)c3)ccc21. The Hall–Kier alpha value is -2.94. The van der Waals surface area contributed by atoms with Crippen LogP contribution >= 0.6 is 0 Å². The first-order chi connectivity index (χ1) is 14.0. The Labute approximate surface area is 175 Å². The number of amides is 2. The number of anilines is 3. The van der Waals surface area contributed by atoms with Gasteiger partial charge in [-0.15, -0.1) is 0 Å². The summed E-state index contributed by atoms with van der Waals surface area (Å²) in [6.45, 7) is 4.15. The van der Waals surface area contributed by atoms with E-state index in [1.54, 1.807) is 35.2 Å². The Morgan fingerprint density at radius 1 is 1.13 bits per heavy atom.